The van der Waals surface area contributed by atoms with Crippen LogP contribution in [0, 0.1) is 0 Å². The van der Waals surface area contributed by atoms with Crippen molar-refractivity contribution in [2.24, 2.45) is 0 Å². The molecular weight excluding hydrogens is 320 g/mol. The Labute approximate surface area is 139 Å². The van der Waals surface area contributed by atoms with Gasteiger partial charge in [0, 0.05) is 6.92 Å². The number of aryl methyl sites for hydroxylation is 1. The quantitative estimate of drug-likeness (QED) is 0.294. The minimum atomic E-state index is -2.88. The summed E-state index contributed by atoms with van der Waals surface area (Å²) in [6.45, 7) is 2.12. The highest BCUT2D eigenvalue weighted by atomic mass is 17.5. The molecule has 0 aliphatic heterocycles. The lowest BCUT2D eigenvalue weighted by Crippen LogP contribution is -2.58. The zero-order valence-corrected chi connectivity index (χ0v) is 13.5. The highest BCUT2D eigenvalue weighted by Gasteiger charge is 2.49. The van der Waals surface area contributed by atoms with Crippen LogP contribution in [0.2, 0.25) is 0 Å². The van der Waals surface area contributed by atoms with Crippen molar-refractivity contribution < 1.29 is 40.0 Å². The Morgan fingerprint density at radius 2 is 1.96 bits per heavy atom. The van der Waals surface area contributed by atoms with Gasteiger partial charge in [-0.25, -0.2) is 0 Å². The lowest BCUT2D eigenvalue weighted by atomic mass is 9.98. The molecule has 24 heavy (non-hydrogen) atoms. The van der Waals surface area contributed by atoms with Crippen molar-refractivity contribution >= 4 is 5.78 Å². The van der Waals surface area contributed by atoms with Crippen molar-refractivity contribution in [2.45, 2.75) is 56.9 Å². The van der Waals surface area contributed by atoms with Crippen LogP contribution >= 0.6 is 0 Å². The standard InChI is InChI=1S/C16H22O8/c1-9(17)14(19)15(20)16(21,10(2)18)23-24-22-13-8-7-11-5-3-4-6-12(11)13/h3-6,9,13-15,17,19-21H,7-8H2,1-2H3/t9-,13?,14-,15+,16+/m0/s1. The number of carbonyl (C=O) groups is 1. The number of carbonyl (C=O) groups excluding carboxylic acids is 1. The molecule has 1 aromatic carbocycles. The van der Waals surface area contributed by atoms with Gasteiger partial charge in [-0.1, -0.05) is 29.3 Å². The molecule has 4 N–H and O–H groups in total. The van der Waals surface area contributed by atoms with Gasteiger partial charge in [0.1, 0.15) is 18.3 Å². The number of aliphatic hydroxyl groups excluding tert-OH is 3. The number of aliphatic hydroxyl groups is 4. The van der Waals surface area contributed by atoms with Crippen LogP contribution in [0.3, 0.4) is 0 Å². The highest BCUT2D eigenvalue weighted by Crippen LogP contribution is 2.34. The molecule has 1 aromatic rings. The first kappa shape index (κ1) is 18.9. The number of ketones is 1. The van der Waals surface area contributed by atoms with Gasteiger partial charge in [-0.05, 0) is 30.9 Å². The fourth-order valence-electron chi connectivity index (χ4n) is 2.55. The van der Waals surface area contributed by atoms with Crippen LogP contribution in [0.5, 0.6) is 0 Å². The average molecular weight is 342 g/mol. The lowest BCUT2D eigenvalue weighted by Gasteiger charge is -2.32. The van der Waals surface area contributed by atoms with Crippen molar-refractivity contribution in [3.63, 3.8) is 0 Å². The topological polar surface area (TPSA) is 126 Å². The van der Waals surface area contributed by atoms with Gasteiger partial charge in [0.2, 0.25) is 0 Å². The van der Waals surface area contributed by atoms with Crippen LogP contribution in [0.4, 0.5) is 0 Å². The second-order valence-corrected chi connectivity index (χ2v) is 5.90. The van der Waals surface area contributed by atoms with E-state index in [0.717, 1.165) is 24.5 Å². The van der Waals surface area contributed by atoms with Gasteiger partial charge in [-0.2, -0.15) is 9.78 Å². The second-order valence-electron chi connectivity index (χ2n) is 5.90. The van der Waals surface area contributed by atoms with Crippen LogP contribution in [-0.4, -0.2) is 50.3 Å². The molecule has 0 bridgehead atoms. The van der Waals surface area contributed by atoms with Crippen LogP contribution in [-0.2, 0) is 26.0 Å². The molecule has 0 spiro atoms. The molecule has 5 atom stereocenters. The highest BCUT2D eigenvalue weighted by molar-refractivity contribution is 5.83. The average Bonchev–Trinajstić information content (AvgIpc) is 2.96. The van der Waals surface area contributed by atoms with Crippen molar-refractivity contribution in [2.75, 3.05) is 0 Å². The van der Waals surface area contributed by atoms with Crippen molar-refractivity contribution in [1.29, 1.82) is 0 Å². The third kappa shape index (κ3) is 3.81. The summed E-state index contributed by atoms with van der Waals surface area (Å²) in [4.78, 5) is 21.2. The molecule has 1 unspecified atom stereocenters. The van der Waals surface area contributed by atoms with E-state index < -0.39 is 36.0 Å². The number of Topliss-reactive ketones (excluding diaryl/α,β-unsaturated/α-hetero) is 1. The van der Waals surface area contributed by atoms with E-state index >= 15 is 0 Å². The summed E-state index contributed by atoms with van der Waals surface area (Å²) in [5.41, 5.74) is 1.99. The van der Waals surface area contributed by atoms with E-state index in [0.29, 0.717) is 6.42 Å². The van der Waals surface area contributed by atoms with Gasteiger partial charge in [0.25, 0.3) is 5.79 Å². The summed E-state index contributed by atoms with van der Waals surface area (Å²) in [7, 11) is 0. The van der Waals surface area contributed by atoms with Gasteiger partial charge < -0.3 is 20.4 Å². The summed E-state index contributed by atoms with van der Waals surface area (Å²) < 4.78 is 0. The second kappa shape index (κ2) is 7.66. The molecule has 0 heterocycles. The number of benzene rings is 1. The largest absolute Gasteiger partial charge is 0.391 e. The molecule has 134 valence electrons. The first-order valence-corrected chi connectivity index (χ1v) is 7.64. The third-order valence-corrected chi connectivity index (χ3v) is 4.12. The molecule has 0 saturated heterocycles. The van der Waals surface area contributed by atoms with E-state index in [1.165, 1.54) is 6.92 Å². The van der Waals surface area contributed by atoms with E-state index in [2.05, 4.69) is 9.93 Å². The molecule has 1 aliphatic rings. The first-order chi connectivity index (χ1) is 11.3. The Bertz CT molecular complexity index is 575. The maximum absolute atomic E-state index is 11.6. The molecule has 0 saturated carbocycles. The molecular formula is C16H22O8. The van der Waals surface area contributed by atoms with Gasteiger partial charge in [0.15, 0.2) is 5.78 Å². The predicted octanol–water partition coefficient (Wildman–Crippen LogP) is -0.0661. The Morgan fingerprint density at radius 1 is 1.29 bits per heavy atom. The summed E-state index contributed by atoms with van der Waals surface area (Å²) >= 11 is 0. The van der Waals surface area contributed by atoms with Gasteiger partial charge >= 0.3 is 0 Å². The Balaban J connectivity index is 1.99. The summed E-state index contributed by atoms with van der Waals surface area (Å²) in [6, 6.07) is 7.56. The van der Waals surface area contributed by atoms with E-state index in [4.69, 9.17) is 4.89 Å². The lowest BCUT2D eigenvalue weighted by molar-refractivity contribution is -0.579. The number of hydrogen-bond donors (Lipinski definition) is 4. The molecule has 0 radical (unpaired) electrons. The first-order valence-electron chi connectivity index (χ1n) is 7.64. The van der Waals surface area contributed by atoms with Crippen LogP contribution in [0.15, 0.2) is 24.3 Å². The fourth-order valence-corrected chi connectivity index (χ4v) is 2.55. The summed E-state index contributed by atoms with van der Waals surface area (Å²) in [5, 5.41) is 43.5. The van der Waals surface area contributed by atoms with Gasteiger partial charge in [-0.3, -0.25) is 4.79 Å². The Kier molecular flexibility index (Phi) is 6.05. The van der Waals surface area contributed by atoms with Crippen molar-refractivity contribution in [3.8, 4) is 0 Å². The monoisotopic (exact) mass is 342 g/mol. The smallest absolute Gasteiger partial charge is 0.290 e. The SMILES string of the molecule is CC(=O)[C@@](O)(OOOC1CCc2ccccc21)[C@H](O)[C@@H](O)[C@H](C)O. The van der Waals surface area contributed by atoms with Crippen molar-refractivity contribution in [3.05, 3.63) is 35.4 Å². The molecule has 1 aliphatic carbocycles. The Hall–Kier alpha value is -1.39. The van der Waals surface area contributed by atoms with Gasteiger partial charge in [0.05, 0.1) is 6.10 Å². The maximum Gasteiger partial charge on any atom is 0.290 e. The number of rotatable bonds is 8. The molecule has 0 aromatic heterocycles. The van der Waals surface area contributed by atoms with E-state index in [9.17, 15) is 25.2 Å². The summed E-state index contributed by atoms with van der Waals surface area (Å²) in [5.74, 6) is -3.90. The maximum atomic E-state index is 11.6. The zero-order chi connectivity index (χ0) is 17.9. The summed E-state index contributed by atoms with van der Waals surface area (Å²) in [6.07, 6.45) is -4.40. The minimum absolute atomic E-state index is 0.448. The van der Waals surface area contributed by atoms with Crippen LogP contribution in [0.25, 0.3) is 0 Å². The number of fused-ring (bicyclic) bond motifs is 1. The zero-order valence-electron chi connectivity index (χ0n) is 13.5. The molecule has 8 nitrogen and oxygen atoms in total. The van der Waals surface area contributed by atoms with E-state index in [-0.39, 0.29) is 0 Å². The van der Waals surface area contributed by atoms with E-state index in [1.807, 2.05) is 24.3 Å². The third-order valence-electron chi connectivity index (χ3n) is 4.12. The number of hydrogen-bond acceptors (Lipinski definition) is 8. The minimum Gasteiger partial charge on any atom is -0.391 e. The normalized spacial score (nSPS) is 23.2. The Morgan fingerprint density at radius 3 is 2.58 bits per heavy atom. The van der Waals surface area contributed by atoms with Crippen LogP contribution < -0.4 is 0 Å². The predicted molar refractivity (Wildman–Crippen MR) is 80.1 cm³/mol. The molecule has 0 fully saturated rings. The molecule has 8 heteroatoms. The molecule has 2 rings (SSSR count). The fraction of sp³-hybridized carbons (Fsp3) is 0.562. The molecule has 0 amide bonds. The van der Waals surface area contributed by atoms with E-state index in [1.54, 1.807) is 0 Å². The van der Waals surface area contributed by atoms with Gasteiger partial charge in [-0.15, -0.1) is 0 Å². The van der Waals surface area contributed by atoms with Crippen molar-refractivity contribution in [1.82, 2.24) is 0 Å². The van der Waals surface area contributed by atoms with Crippen LogP contribution in [0.1, 0.15) is 37.5 Å².